The van der Waals surface area contributed by atoms with Gasteiger partial charge in [0.2, 0.25) is 5.91 Å². The largest absolute Gasteiger partial charge is 0.494 e. The van der Waals surface area contributed by atoms with Gasteiger partial charge in [-0.2, -0.15) is 0 Å². The topological polar surface area (TPSA) is 106 Å². The Balaban J connectivity index is 1.79. The lowest BCUT2D eigenvalue weighted by Crippen LogP contribution is -2.27. The minimum atomic E-state index is -0.342. The molecule has 3 rings (SSSR count). The van der Waals surface area contributed by atoms with Crippen molar-refractivity contribution in [3.05, 3.63) is 59.4 Å². The van der Waals surface area contributed by atoms with Crippen LogP contribution in [0.15, 0.2) is 59.4 Å². The van der Waals surface area contributed by atoms with Crippen molar-refractivity contribution in [2.24, 2.45) is 0 Å². The summed E-state index contributed by atoms with van der Waals surface area (Å²) >= 11 is 3.46. The summed E-state index contributed by atoms with van der Waals surface area (Å²) in [7, 11) is 4.61. The number of anilines is 3. The van der Waals surface area contributed by atoms with E-state index < -0.39 is 0 Å². The van der Waals surface area contributed by atoms with Crippen LogP contribution in [0.25, 0.3) is 10.9 Å². The smallest absolute Gasteiger partial charge is 0.319 e. The highest BCUT2D eigenvalue weighted by molar-refractivity contribution is 9.10. The highest BCUT2D eigenvalue weighted by atomic mass is 79.9. The number of ether oxygens (including phenoxy) is 2. The number of benzene rings is 2. The van der Waals surface area contributed by atoms with Crippen molar-refractivity contribution in [1.29, 1.82) is 0 Å². The quantitative estimate of drug-likeness (QED) is 0.329. The summed E-state index contributed by atoms with van der Waals surface area (Å²) < 4.78 is 11.0. The van der Waals surface area contributed by atoms with Gasteiger partial charge in [0.1, 0.15) is 17.9 Å². The second kappa shape index (κ2) is 11.4. The first kappa shape index (κ1) is 24.1. The summed E-state index contributed by atoms with van der Waals surface area (Å²) in [4.78, 5) is 34.2. The molecule has 1 aromatic heterocycles. The predicted octanol–water partition coefficient (Wildman–Crippen LogP) is 3.74. The molecule has 172 valence electrons. The number of carbonyl (C=O) groups is 2. The lowest BCUT2D eigenvalue weighted by molar-refractivity contribution is -0.141. The van der Waals surface area contributed by atoms with Crippen LogP contribution in [0.1, 0.15) is 0 Å². The molecule has 0 saturated carbocycles. The number of esters is 1. The first-order valence-corrected chi connectivity index (χ1v) is 10.8. The molecule has 0 atom stereocenters. The number of hydrogen-bond donors (Lipinski definition) is 2. The average Bonchev–Trinajstić information content (AvgIpc) is 2.79. The summed E-state index contributed by atoms with van der Waals surface area (Å²) in [5.74, 6) is 0.388. The molecular formula is C23H24BrN5O4. The molecule has 1 heterocycles. The number of carbonyl (C=O) groups excluding carboxylic acids is 2. The number of nitrogens with one attached hydrogen (secondary N) is 2. The minimum absolute atomic E-state index is 0.134. The summed E-state index contributed by atoms with van der Waals surface area (Å²) in [6, 6.07) is 11.2. The van der Waals surface area contributed by atoms with Gasteiger partial charge in [-0.15, -0.1) is 0 Å². The van der Waals surface area contributed by atoms with Gasteiger partial charge in [0.05, 0.1) is 32.0 Å². The molecule has 33 heavy (non-hydrogen) atoms. The van der Waals surface area contributed by atoms with Gasteiger partial charge >= 0.3 is 5.97 Å². The number of fused-ring (bicyclic) bond motifs is 1. The van der Waals surface area contributed by atoms with Crippen molar-refractivity contribution >= 4 is 55.9 Å². The minimum Gasteiger partial charge on any atom is -0.494 e. The van der Waals surface area contributed by atoms with Crippen LogP contribution in [0, 0.1) is 0 Å². The van der Waals surface area contributed by atoms with E-state index in [2.05, 4.69) is 41.3 Å². The van der Waals surface area contributed by atoms with Gasteiger partial charge < -0.3 is 20.1 Å². The van der Waals surface area contributed by atoms with E-state index in [1.807, 2.05) is 24.3 Å². The van der Waals surface area contributed by atoms with Gasteiger partial charge in [-0.3, -0.25) is 14.5 Å². The number of aromatic nitrogens is 2. The average molecular weight is 514 g/mol. The molecule has 0 aliphatic rings. The maximum absolute atomic E-state index is 12.5. The number of nitrogens with zero attached hydrogens (tertiary/aromatic N) is 3. The molecular weight excluding hydrogens is 490 g/mol. The predicted molar refractivity (Wildman–Crippen MR) is 131 cm³/mol. The molecule has 2 N–H and O–H groups in total. The van der Waals surface area contributed by atoms with Crippen molar-refractivity contribution in [2.75, 3.05) is 45.0 Å². The Labute approximate surface area is 199 Å². The summed E-state index contributed by atoms with van der Waals surface area (Å²) in [6.45, 7) is 0.542. The Morgan fingerprint density at radius 1 is 1.18 bits per heavy atom. The van der Waals surface area contributed by atoms with E-state index in [0.29, 0.717) is 29.3 Å². The highest BCUT2D eigenvalue weighted by Crippen LogP contribution is 2.33. The lowest BCUT2D eigenvalue weighted by atomic mass is 10.2. The first-order valence-electron chi connectivity index (χ1n) is 9.98. The van der Waals surface area contributed by atoms with Crippen molar-refractivity contribution < 1.29 is 19.1 Å². The molecule has 9 nitrogen and oxygen atoms in total. The highest BCUT2D eigenvalue weighted by Gasteiger charge is 2.12. The Kier molecular flexibility index (Phi) is 8.34. The standard InChI is InChI=1S/C23H24BrN5O4/c1-29(13-22(31)33-3)9-5-8-21(30)28-19-11-17-18(12-20(19)32-2)25-14-26-23(17)27-16-7-4-6-15(24)10-16/h4-8,10-12,14H,9,13H2,1-3H3,(H,28,30)(H,25,26,27). The van der Waals surface area contributed by atoms with E-state index in [1.54, 1.807) is 30.2 Å². The molecule has 0 bridgehead atoms. The summed E-state index contributed by atoms with van der Waals surface area (Å²) in [5, 5.41) is 6.83. The van der Waals surface area contributed by atoms with Crippen molar-refractivity contribution in [2.45, 2.75) is 0 Å². The monoisotopic (exact) mass is 513 g/mol. The van der Waals surface area contributed by atoms with Gasteiger partial charge in [0.15, 0.2) is 0 Å². The number of likely N-dealkylation sites (N-methyl/N-ethyl adjacent to an activating group) is 1. The van der Waals surface area contributed by atoms with E-state index in [0.717, 1.165) is 15.5 Å². The first-order chi connectivity index (χ1) is 15.9. The zero-order chi connectivity index (χ0) is 23.8. The van der Waals surface area contributed by atoms with Gasteiger partial charge in [-0.1, -0.05) is 28.1 Å². The number of rotatable bonds is 9. The molecule has 10 heteroatoms. The van der Waals surface area contributed by atoms with Crippen LogP contribution in [-0.2, 0) is 14.3 Å². The van der Waals surface area contributed by atoms with Crippen molar-refractivity contribution in [3.8, 4) is 5.75 Å². The third-order valence-corrected chi connectivity index (χ3v) is 5.11. The summed E-state index contributed by atoms with van der Waals surface area (Å²) in [6.07, 6.45) is 4.53. The Morgan fingerprint density at radius 3 is 2.73 bits per heavy atom. The zero-order valence-electron chi connectivity index (χ0n) is 18.5. The second-order valence-corrected chi connectivity index (χ2v) is 8.01. The second-order valence-electron chi connectivity index (χ2n) is 7.09. The Bertz CT molecular complexity index is 1180. The third-order valence-electron chi connectivity index (χ3n) is 4.61. The number of methoxy groups -OCH3 is 2. The van der Waals surface area contributed by atoms with Crippen LogP contribution in [0.3, 0.4) is 0 Å². The SMILES string of the molecule is COC(=O)CN(C)CC=CC(=O)Nc1cc2c(Nc3cccc(Br)c3)ncnc2cc1OC. The van der Waals surface area contributed by atoms with E-state index in [1.165, 1.54) is 26.6 Å². The van der Waals surface area contributed by atoms with Crippen LogP contribution >= 0.6 is 15.9 Å². The lowest BCUT2D eigenvalue weighted by Gasteiger charge is -2.14. The van der Waals surface area contributed by atoms with Crippen LogP contribution in [0.4, 0.5) is 17.2 Å². The van der Waals surface area contributed by atoms with Crippen molar-refractivity contribution in [1.82, 2.24) is 14.9 Å². The van der Waals surface area contributed by atoms with E-state index >= 15 is 0 Å². The number of amides is 1. The van der Waals surface area contributed by atoms with Gasteiger partial charge in [-0.05, 0) is 31.3 Å². The van der Waals surface area contributed by atoms with Crippen LogP contribution in [0.2, 0.25) is 0 Å². The Hall–Kier alpha value is -3.50. The normalized spacial score (nSPS) is 11.1. The number of halogens is 1. The number of hydrogen-bond acceptors (Lipinski definition) is 8. The van der Waals surface area contributed by atoms with Crippen LogP contribution in [0.5, 0.6) is 5.75 Å². The Morgan fingerprint density at radius 2 is 2.00 bits per heavy atom. The van der Waals surface area contributed by atoms with Crippen LogP contribution < -0.4 is 15.4 Å². The molecule has 0 aliphatic heterocycles. The molecule has 0 spiro atoms. The fourth-order valence-corrected chi connectivity index (χ4v) is 3.42. The van der Waals surface area contributed by atoms with E-state index in [4.69, 9.17) is 4.74 Å². The fraction of sp³-hybridized carbons (Fsp3) is 0.217. The van der Waals surface area contributed by atoms with Gasteiger partial charge in [-0.25, -0.2) is 9.97 Å². The van der Waals surface area contributed by atoms with Gasteiger partial charge in [0, 0.05) is 34.2 Å². The zero-order valence-corrected chi connectivity index (χ0v) is 20.0. The van der Waals surface area contributed by atoms with E-state index in [-0.39, 0.29) is 18.4 Å². The maximum Gasteiger partial charge on any atom is 0.319 e. The molecule has 0 aliphatic carbocycles. The molecule has 1 amide bonds. The van der Waals surface area contributed by atoms with Gasteiger partial charge in [0.25, 0.3) is 0 Å². The molecule has 2 aromatic carbocycles. The van der Waals surface area contributed by atoms with Crippen LogP contribution in [-0.4, -0.2) is 61.1 Å². The third kappa shape index (κ3) is 6.74. The summed E-state index contributed by atoms with van der Waals surface area (Å²) in [5.41, 5.74) is 2.00. The molecule has 0 radical (unpaired) electrons. The van der Waals surface area contributed by atoms with Crippen molar-refractivity contribution in [3.63, 3.8) is 0 Å². The molecule has 3 aromatic rings. The molecule has 0 saturated heterocycles. The maximum atomic E-state index is 12.5. The molecule has 0 fully saturated rings. The fourth-order valence-electron chi connectivity index (χ4n) is 3.02. The molecule has 0 unspecified atom stereocenters. The van der Waals surface area contributed by atoms with E-state index in [9.17, 15) is 9.59 Å².